The van der Waals surface area contributed by atoms with E-state index in [0.29, 0.717) is 19.3 Å². The SMILES string of the molecule is O=C(O)c1ccc2c(c1)CCCC(c1ccc(C(F)(F)F)cc1)=C2c1ccc(C=C2CN(CCCF)C2)cc1. The molecule has 2 aliphatic rings. The Morgan fingerprint density at radius 3 is 2.26 bits per heavy atom. The van der Waals surface area contributed by atoms with E-state index in [1.165, 1.54) is 17.7 Å². The van der Waals surface area contributed by atoms with Crippen molar-refractivity contribution >= 4 is 23.2 Å². The first-order chi connectivity index (χ1) is 18.7. The Bertz CT molecular complexity index is 1410. The summed E-state index contributed by atoms with van der Waals surface area (Å²) >= 11 is 0. The van der Waals surface area contributed by atoms with Gasteiger partial charge in [-0.3, -0.25) is 9.29 Å². The van der Waals surface area contributed by atoms with Gasteiger partial charge in [0.05, 0.1) is 17.8 Å². The molecule has 1 heterocycles. The minimum atomic E-state index is -4.41. The van der Waals surface area contributed by atoms with Crippen molar-refractivity contribution in [3.05, 3.63) is 111 Å². The summed E-state index contributed by atoms with van der Waals surface area (Å²) < 4.78 is 52.1. The van der Waals surface area contributed by atoms with Crippen LogP contribution < -0.4 is 0 Å². The van der Waals surface area contributed by atoms with Gasteiger partial charge >= 0.3 is 12.1 Å². The van der Waals surface area contributed by atoms with Gasteiger partial charge in [-0.2, -0.15) is 13.2 Å². The third kappa shape index (κ3) is 5.98. The minimum absolute atomic E-state index is 0.217. The monoisotopic (exact) mass is 535 g/mol. The summed E-state index contributed by atoms with van der Waals surface area (Å²) in [6.07, 6.45) is 0.355. The molecule has 0 amide bonds. The van der Waals surface area contributed by atoms with Crippen LogP contribution in [0.2, 0.25) is 0 Å². The fourth-order valence-electron chi connectivity index (χ4n) is 5.44. The molecular weight excluding hydrogens is 506 g/mol. The van der Waals surface area contributed by atoms with E-state index in [1.54, 1.807) is 12.1 Å². The number of aryl methyl sites for hydroxylation is 1. The Labute approximate surface area is 225 Å². The van der Waals surface area contributed by atoms with Gasteiger partial charge < -0.3 is 5.11 Å². The van der Waals surface area contributed by atoms with Crippen LogP contribution in [-0.2, 0) is 12.6 Å². The molecule has 3 aromatic rings. The van der Waals surface area contributed by atoms with E-state index in [9.17, 15) is 27.5 Å². The molecule has 1 aliphatic carbocycles. The maximum absolute atomic E-state index is 13.2. The molecule has 0 aromatic heterocycles. The Morgan fingerprint density at radius 2 is 1.62 bits per heavy atom. The number of fused-ring (bicyclic) bond motifs is 1. The van der Waals surface area contributed by atoms with Gasteiger partial charge in [-0.1, -0.05) is 48.5 Å². The Hall–Kier alpha value is -3.71. The summed E-state index contributed by atoms with van der Waals surface area (Å²) in [7, 11) is 0. The normalized spacial score (nSPS) is 15.9. The number of carboxylic acids is 1. The Balaban J connectivity index is 1.54. The van der Waals surface area contributed by atoms with Gasteiger partial charge in [0.1, 0.15) is 0 Å². The zero-order valence-corrected chi connectivity index (χ0v) is 21.4. The number of benzene rings is 3. The molecule has 3 aromatic carbocycles. The van der Waals surface area contributed by atoms with Crippen molar-refractivity contribution in [2.75, 3.05) is 26.3 Å². The average Bonchev–Trinajstić information content (AvgIpc) is 3.09. The molecule has 202 valence electrons. The van der Waals surface area contributed by atoms with Gasteiger partial charge in [0.25, 0.3) is 0 Å². The highest BCUT2D eigenvalue weighted by atomic mass is 19.4. The first-order valence-electron chi connectivity index (χ1n) is 13.1. The fraction of sp³-hybridized carbons (Fsp3) is 0.281. The van der Waals surface area contributed by atoms with Crippen LogP contribution >= 0.6 is 0 Å². The van der Waals surface area contributed by atoms with Gasteiger partial charge in [-0.25, -0.2) is 4.79 Å². The number of rotatable bonds is 7. The number of likely N-dealkylation sites (tertiary alicyclic amines) is 1. The molecule has 7 heteroatoms. The summed E-state index contributed by atoms with van der Waals surface area (Å²) in [5.74, 6) is -0.993. The maximum atomic E-state index is 13.2. The smallest absolute Gasteiger partial charge is 0.416 e. The van der Waals surface area contributed by atoms with Crippen molar-refractivity contribution in [2.24, 2.45) is 0 Å². The molecule has 0 atom stereocenters. The van der Waals surface area contributed by atoms with Gasteiger partial charge in [0.2, 0.25) is 0 Å². The van der Waals surface area contributed by atoms with E-state index < -0.39 is 17.7 Å². The topological polar surface area (TPSA) is 40.5 Å². The van der Waals surface area contributed by atoms with Crippen LogP contribution in [0.25, 0.3) is 17.2 Å². The number of aromatic carboxylic acids is 1. The summed E-state index contributed by atoms with van der Waals surface area (Å²) in [5, 5.41) is 9.52. The number of hydrogen-bond donors (Lipinski definition) is 1. The first kappa shape index (κ1) is 26.9. The third-order valence-corrected chi connectivity index (χ3v) is 7.39. The molecule has 0 unspecified atom stereocenters. The quantitative estimate of drug-likeness (QED) is 0.315. The number of hydrogen-bond acceptors (Lipinski definition) is 2. The molecule has 39 heavy (non-hydrogen) atoms. The van der Waals surface area contributed by atoms with Crippen molar-refractivity contribution in [3.63, 3.8) is 0 Å². The molecule has 3 nitrogen and oxygen atoms in total. The maximum Gasteiger partial charge on any atom is 0.416 e. The summed E-state index contributed by atoms with van der Waals surface area (Å²) in [5.41, 5.74) is 7.19. The highest BCUT2D eigenvalue weighted by Gasteiger charge is 2.30. The molecule has 0 spiro atoms. The number of nitrogens with zero attached hydrogens (tertiary/aromatic N) is 1. The Kier molecular flexibility index (Phi) is 7.71. The second-order valence-electron chi connectivity index (χ2n) is 10.1. The summed E-state index contributed by atoms with van der Waals surface area (Å²) in [6, 6.07) is 18.5. The number of carboxylic acid groups (broad SMARTS) is 1. The first-order valence-corrected chi connectivity index (χ1v) is 13.1. The lowest BCUT2D eigenvalue weighted by molar-refractivity contribution is -0.137. The average molecular weight is 536 g/mol. The van der Waals surface area contributed by atoms with Crippen LogP contribution in [0, 0.1) is 0 Å². The van der Waals surface area contributed by atoms with Gasteiger partial charge in [0, 0.05) is 19.6 Å². The second kappa shape index (κ2) is 11.2. The molecule has 0 radical (unpaired) electrons. The van der Waals surface area contributed by atoms with E-state index in [1.807, 2.05) is 30.3 Å². The number of carbonyl (C=O) groups is 1. The van der Waals surface area contributed by atoms with Crippen molar-refractivity contribution in [2.45, 2.75) is 31.9 Å². The van der Waals surface area contributed by atoms with Gasteiger partial charge in [-0.15, -0.1) is 0 Å². The zero-order valence-electron chi connectivity index (χ0n) is 21.4. The molecule has 1 N–H and O–H groups in total. The molecule has 0 bridgehead atoms. The van der Waals surface area contributed by atoms with E-state index in [0.717, 1.165) is 77.2 Å². The van der Waals surface area contributed by atoms with Gasteiger partial charge in [0.15, 0.2) is 0 Å². The highest BCUT2D eigenvalue weighted by molar-refractivity contribution is 6.00. The summed E-state index contributed by atoms with van der Waals surface area (Å²) in [4.78, 5) is 13.8. The second-order valence-corrected chi connectivity index (χ2v) is 10.1. The van der Waals surface area contributed by atoms with Crippen LogP contribution in [0.4, 0.5) is 17.6 Å². The van der Waals surface area contributed by atoms with E-state index in [-0.39, 0.29) is 12.2 Å². The third-order valence-electron chi connectivity index (χ3n) is 7.39. The fourth-order valence-corrected chi connectivity index (χ4v) is 5.44. The minimum Gasteiger partial charge on any atom is -0.478 e. The summed E-state index contributed by atoms with van der Waals surface area (Å²) in [6.45, 7) is 2.13. The zero-order chi connectivity index (χ0) is 27.6. The van der Waals surface area contributed by atoms with Crippen molar-refractivity contribution in [3.8, 4) is 0 Å². The van der Waals surface area contributed by atoms with Crippen LogP contribution in [0.5, 0.6) is 0 Å². The molecule has 1 fully saturated rings. The van der Waals surface area contributed by atoms with Crippen LogP contribution in [0.15, 0.2) is 72.3 Å². The Morgan fingerprint density at radius 1 is 0.923 bits per heavy atom. The highest BCUT2D eigenvalue weighted by Crippen LogP contribution is 2.41. The lowest BCUT2D eigenvalue weighted by atomic mass is 9.86. The van der Waals surface area contributed by atoms with Crippen LogP contribution in [-0.4, -0.2) is 42.3 Å². The van der Waals surface area contributed by atoms with Crippen molar-refractivity contribution in [1.29, 1.82) is 0 Å². The lowest BCUT2D eigenvalue weighted by Crippen LogP contribution is -2.40. The van der Waals surface area contributed by atoms with E-state index in [2.05, 4.69) is 11.0 Å². The molecule has 1 saturated heterocycles. The predicted molar refractivity (Wildman–Crippen MR) is 145 cm³/mol. The van der Waals surface area contributed by atoms with Crippen molar-refractivity contribution < 1.29 is 27.5 Å². The van der Waals surface area contributed by atoms with E-state index >= 15 is 0 Å². The molecule has 5 rings (SSSR count). The molecule has 1 aliphatic heterocycles. The lowest BCUT2D eigenvalue weighted by Gasteiger charge is -2.33. The van der Waals surface area contributed by atoms with Gasteiger partial charge in [-0.05, 0) is 94.5 Å². The number of halogens is 4. The number of alkyl halides is 4. The van der Waals surface area contributed by atoms with E-state index in [4.69, 9.17) is 0 Å². The number of allylic oxidation sites excluding steroid dienone is 1. The van der Waals surface area contributed by atoms with Crippen LogP contribution in [0.1, 0.15) is 63.0 Å². The predicted octanol–water partition coefficient (Wildman–Crippen LogP) is 7.76. The largest absolute Gasteiger partial charge is 0.478 e. The molecule has 0 saturated carbocycles. The van der Waals surface area contributed by atoms with Crippen molar-refractivity contribution in [1.82, 2.24) is 4.90 Å². The standard InChI is InChI=1S/C32H29F4NO2/c33-15-2-16-37-19-22(20-37)17-21-5-7-24(8-6-21)30-28(23-9-12-27(13-10-23)32(34,35)36)4-1-3-25-18-26(31(38)39)11-14-29(25)30/h5-14,17-18H,1-4,15-16,19-20H2,(H,38,39). The molecular formula is C32H29F4NO2. The van der Waals surface area contributed by atoms with Crippen LogP contribution in [0.3, 0.4) is 0 Å².